The molecule has 0 aliphatic heterocycles. The van der Waals surface area contributed by atoms with Crippen molar-refractivity contribution >= 4 is 0 Å². The van der Waals surface area contributed by atoms with E-state index in [2.05, 4.69) is 9.97 Å². The van der Waals surface area contributed by atoms with E-state index in [0.717, 1.165) is 5.56 Å². The predicted octanol–water partition coefficient (Wildman–Crippen LogP) is 2.50. The summed E-state index contributed by atoms with van der Waals surface area (Å²) in [7, 11) is 0. The van der Waals surface area contributed by atoms with Gasteiger partial charge in [-0.25, -0.2) is 14.4 Å². The fraction of sp³-hybridized carbons (Fsp3) is 0.167. The molecule has 0 aliphatic rings. The summed E-state index contributed by atoms with van der Waals surface area (Å²) >= 11 is 0. The summed E-state index contributed by atoms with van der Waals surface area (Å²) in [5.41, 5.74) is 0.905. The number of aromatic nitrogens is 2. The molecule has 2 aromatic rings. The van der Waals surface area contributed by atoms with Crippen molar-refractivity contribution in [2.24, 2.45) is 0 Å². The van der Waals surface area contributed by atoms with E-state index >= 15 is 0 Å². The van der Waals surface area contributed by atoms with Crippen LogP contribution in [-0.4, -0.2) is 9.97 Å². The van der Waals surface area contributed by atoms with Crippen molar-refractivity contribution in [1.82, 2.24) is 9.97 Å². The van der Waals surface area contributed by atoms with Crippen LogP contribution in [0.1, 0.15) is 11.4 Å². The zero-order chi connectivity index (χ0) is 11.4. The highest BCUT2D eigenvalue weighted by molar-refractivity contribution is 5.17. The van der Waals surface area contributed by atoms with Gasteiger partial charge in [0.2, 0.25) is 0 Å². The number of benzene rings is 1. The molecule has 3 nitrogen and oxygen atoms in total. The number of aryl methyl sites for hydroxylation is 1. The third-order valence-electron chi connectivity index (χ3n) is 2.08. The molecule has 1 aromatic carbocycles. The van der Waals surface area contributed by atoms with E-state index in [0.29, 0.717) is 18.2 Å². The molecule has 1 aromatic heterocycles. The van der Waals surface area contributed by atoms with Crippen molar-refractivity contribution in [2.45, 2.75) is 13.5 Å². The first-order valence-electron chi connectivity index (χ1n) is 4.90. The zero-order valence-electron chi connectivity index (χ0n) is 8.85. The fourth-order valence-corrected chi connectivity index (χ4v) is 1.20. The van der Waals surface area contributed by atoms with Crippen LogP contribution >= 0.6 is 0 Å². The van der Waals surface area contributed by atoms with Crippen molar-refractivity contribution in [3.63, 3.8) is 0 Å². The minimum atomic E-state index is -0.248. The minimum Gasteiger partial charge on any atom is -0.486 e. The van der Waals surface area contributed by atoms with Crippen molar-refractivity contribution in [1.29, 1.82) is 0 Å². The van der Waals surface area contributed by atoms with Crippen LogP contribution in [-0.2, 0) is 6.61 Å². The summed E-state index contributed by atoms with van der Waals surface area (Å²) in [6.07, 6.45) is 3.23. The molecular formula is C12H11FN2O. The molecule has 1 heterocycles. The van der Waals surface area contributed by atoms with Crippen LogP contribution in [0.2, 0.25) is 0 Å². The van der Waals surface area contributed by atoms with Gasteiger partial charge in [-0.15, -0.1) is 0 Å². The monoisotopic (exact) mass is 218 g/mol. The zero-order valence-corrected chi connectivity index (χ0v) is 8.85. The number of halogens is 1. The lowest BCUT2D eigenvalue weighted by Crippen LogP contribution is -1.97. The van der Waals surface area contributed by atoms with Gasteiger partial charge in [-0.05, 0) is 24.6 Å². The summed E-state index contributed by atoms with van der Waals surface area (Å²) in [4.78, 5) is 8.02. The third-order valence-corrected chi connectivity index (χ3v) is 2.08. The molecule has 16 heavy (non-hydrogen) atoms. The minimum absolute atomic E-state index is 0.248. The molecule has 0 saturated heterocycles. The van der Waals surface area contributed by atoms with Crippen LogP contribution in [0, 0.1) is 12.7 Å². The number of rotatable bonds is 3. The quantitative estimate of drug-likeness (QED) is 0.793. The van der Waals surface area contributed by atoms with Gasteiger partial charge in [0, 0.05) is 0 Å². The van der Waals surface area contributed by atoms with Gasteiger partial charge in [-0.2, -0.15) is 0 Å². The van der Waals surface area contributed by atoms with Crippen LogP contribution in [0.4, 0.5) is 4.39 Å². The molecule has 0 spiro atoms. The predicted molar refractivity (Wildman–Crippen MR) is 57.5 cm³/mol. The second-order valence-electron chi connectivity index (χ2n) is 3.38. The Balaban J connectivity index is 1.97. The maximum absolute atomic E-state index is 12.6. The first kappa shape index (κ1) is 10.5. The molecule has 0 radical (unpaired) electrons. The maximum atomic E-state index is 12.6. The summed E-state index contributed by atoms with van der Waals surface area (Å²) in [5, 5.41) is 0. The standard InChI is InChI=1S/C12H11FN2O/c1-9-14-6-12(7-15-9)16-8-10-2-4-11(13)5-3-10/h2-7H,8H2,1H3. The molecule has 0 atom stereocenters. The molecular weight excluding hydrogens is 207 g/mol. The van der Waals surface area contributed by atoms with Crippen molar-refractivity contribution in [2.75, 3.05) is 0 Å². The molecule has 4 heteroatoms. The van der Waals surface area contributed by atoms with Gasteiger partial charge in [-0.1, -0.05) is 12.1 Å². The third kappa shape index (κ3) is 2.76. The Bertz CT molecular complexity index is 408. The maximum Gasteiger partial charge on any atom is 0.156 e. The topological polar surface area (TPSA) is 35.0 Å². The SMILES string of the molecule is Cc1ncc(OCc2ccc(F)cc2)cn1. The number of hydrogen-bond acceptors (Lipinski definition) is 3. The molecule has 0 unspecified atom stereocenters. The molecule has 2 rings (SSSR count). The van der Waals surface area contributed by atoms with Gasteiger partial charge >= 0.3 is 0 Å². The second-order valence-corrected chi connectivity index (χ2v) is 3.38. The average Bonchev–Trinajstić information content (AvgIpc) is 2.30. The molecule has 0 N–H and O–H groups in total. The summed E-state index contributed by atoms with van der Waals surface area (Å²) in [6.45, 7) is 2.19. The Morgan fingerprint density at radius 1 is 1.12 bits per heavy atom. The average molecular weight is 218 g/mol. The number of nitrogens with zero attached hydrogens (tertiary/aromatic N) is 2. The van der Waals surface area contributed by atoms with Crippen LogP contribution in [0.5, 0.6) is 5.75 Å². The van der Waals surface area contributed by atoms with Gasteiger partial charge in [0.05, 0.1) is 12.4 Å². The van der Waals surface area contributed by atoms with Gasteiger partial charge in [-0.3, -0.25) is 0 Å². The van der Waals surface area contributed by atoms with E-state index < -0.39 is 0 Å². The number of hydrogen-bond donors (Lipinski definition) is 0. The normalized spacial score (nSPS) is 10.1. The van der Waals surface area contributed by atoms with E-state index in [9.17, 15) is 4.39 Å². The lowest BCUT2D eigenvalue weighted by Gasteiger charge is -2.05. The van der Waals surface area contributed by atoms with E-state index in [1.165, 1.54) is 12.1 Å². The van der Waals surface area contributed by atoms with E-state index in [1.807, 2.05) is 6.92 Å². The molecule has 0 saturated carbocycles. The van der Waals surface area contributed by atoms with Gasteiger partial charge in [0.1, 0.15) is 18.2 Å². The Kier molecular flexibility index (Phi) is 3.10. The fourth-order valence-electron chi connectivity index (χ4n) is 1.20. The van der Waals surface area contributed by atoms with Crippen molar-refractivity contribution in [3.05, 3.63) is 53.9 Å². The Labute approximate surface area is 92.9 Å². The lowest BCUT2D eigenvalue weighted by atomic mass is 10.2. The Morgan fingerprint density at radius 2 is 1.75 bits per heavy atom. The summed E-state index contributed by atoms with van der Waals surface area (Å²) in [5.74, 6) is 1.06. The molecule has 0 bridgehead atoms. The van der Waals surface area contributed by atoms with Crippen molar-refractivity contribution < 1.29 is 9.13 Å². The molecule has 0 aliphatic carbocycles. The Morgan fingerprint density at radius 3 is 2.38 bits per heavy atom. The summed E-state index contributed by atoms with van der Waals surface area (Å²) in [6, 6.07) is 6.18. The number of ether oxygens (including phenoxy) is 1. The molecule has 82 valence electrons. The molecule has 0 amide bonds. The van der Waals surface area contributed by atoms with Gasteiger partial charge < -0.3 is 4.74 Å². The van der Waals surface area contributed by atoms with Gasteiger partial charge in [0.25, 0.3) is 0 Å². The highest BCUT2D eigenvalue weighted by Gasteiger charge is 1.97. The van der Waals surface area contributed by atoms with Crippen LogP contribution in [0.3, 0.4) is 0 Å². The van der Waals surface area contributed by atoms with Crippen LogP contribution in [0.15, 0.2) is 36.7 Å². The van der Waals surface area contributed by atoms with Crippen molar-refractivity contribution in [3.8, 4) is 5.75 Å². The highest BCUT2D eigenvalue weighted by Crippen LogP contribution is 2.10. The van der Waals surface area contributed by atoms with Crippen LogP contribution < -0.4 is 4.74 Å². The van der Waals surface area contributed by atoms with E-state index in [4.69, 9.17) is 4.74 Å². The largest absolute Gasteiger partial charge is 0.486 e. The first-order valence-corrected chi connectivity index (χ1v) is 4.90. The summed E-state index contributed by atoms with van der Waals surface area (Å²) < 4.78 is 18.1. The van der Waals surface area contributed by atoms with Gasteiger partial charge in [0.15, 0.2) is 5.75 Å². The van der Waals surface area contributed by atoms with E-state index in [1.54, 1.807) is 24.5 Å². The smallest absolute Gasteiger partial charge is 0.156 e. The van der Waals surface area contributed by atoms with E-state index in [-0.39, 0.29) is 5.82 Å². The second kappa shape index (κ2) is 4.70. The Hall–Kier alpha value is -1.97. The highest BCUT2D eigenvalue weighted by atomic mass is 19.1. The molecule has 0 fully saturated rings. The first-order chi connectivity index (χ1) is 7.74. The van der Waals surface area contributed by atoms with Crippen LogP contribution in [0.25, 0.3) is 0 Å². The lowest BCUT2D eigenvalue weighted by molar-refractivity contribution is 0.303.